The lowest BCUT2D eigenvalue weighted by Gasteiger charge is -2.34. The topological polar surface area (TPSA) is 127 Å². The molecule has 1 atom stereocenters. The Morgan fingerprint density at radius 3 is 2.29 bits per heavy atom. The van der Waals surface area contributed by atoms with Crippen LogP contribution in [0.2, 0.25) is 0 Å². The molecule has 10 nitrogen and oxygen atoms in total. The number of nitrogens with zero attached hydrogens (tertiary/aromatic N) is 4. The zero-order valence-electron chi connectivity index (χ0n) is 24.7. The molecule has 0 radical (unpaired) electrons. The van der Waals surface area contributed by atoms with E-state index in [1.54, 1.807) is 29.1 Å². The van der Waals surface area contributed by atoms with Gasteiger partial charge in [-0.25, -0.2) is 22.8 Å². The molecule has 2 aliphatic rings. The van der Waals surface area contributed by atoms with Crippen LogP contribution >= 0.6 is 0 Å². The van der Waals surface area contributed by atoms with Gasteiger partial charge in [-0.15, -0.1) is 5.10 Å². The number of pyridine rings is 1. The minimum atomic E-state index is -4.18. The number of sulfonamides is 1. The summed E-state index contributed by atoms with van der Waals surface area (Å²) in [5.74, 6) is 1.28. The summed E-state index contributed by atoms with van der Waals surface area (Å²) in [7, 11) is -4.18. The van der Waals surface area contributed by atoms with Crippen LogP contribution < -0.4 is 14.4 Å². The molecular weight excluding hydrogens is 542 g/mol. The summed E-state index contributed by atoms with van der Waals surface area (Å²) >= 11 is 0. The van der Waals surface area contributed by atoms with Gasteiger partial charge in [0.05, 0.1) is 17.1 Å². The summed E-state index contributed by atoms with van der Waals surface area (Å²) in [6.07, 6.45) is 2.65. The Labute approximate surface area is 241 Å². The van der Waals surface area contributed by atoms with Gasteiger partial charge in [0.2, 0.25) is 5.88 Å². The van der Waals surface area contributed by atoms with Crippen molar-refractivity contribution in [2.75, 3.05) is 18.1 Å². The number of phenols is 1. The summed E-state index contributed by atoms with van der Waals surface area (Å²) in [4.78, 5) is 20.2. The molecule has 1 saturated heterocycles. The second-order valence-electron chi connectivity index (χ2n) is 13.1. The van der Waals surface area contributed by atoms with Gasteiger partial charge in [-0.1, -0.05) is 34.6 Å². The first-order valence-electron chi connectivity index (χ1n) is 13.9. The number of benzene rings is 1. The van der Waals surface area contributed by atoms with Crippen LogP contribution in [0.1, 0.15) is 65.2 Å². The first kappa shape index (κ1) is 28.9. The maximum absolute atomic E-state index is 13.4. The van der Waals surface area contributed by atoms with Gasteiger partial charge in [-0.3, -0.25) is 4.79 Å². The van der Waals surface area contributed by atoms with Gasteiger partial charge in [0, 0.05) is 30.3 Å². The molecule has 0 bridgehead atoms. The molecule has 5 rings (SSSR count). The first-order valence-corrected chi connectivity index (χ1v) is 15.3. The van der Waals surface area contributed by atoms with Crippen molar-refractivity contribution >= 4 is 21.7 Å². The highest BCUT2D eigenvalue weighted by molar-refractivity contribution is 7.90. The number of ether oxygens (including phenoxy) is 1. The Balaban J connectivity index is 1.44. The normalized spacial score (nSPS) is 21.0. The smallest absolute Gasteiger partial charge is 0.268 e. The predicted molar refractivity (Wildman–Crippen MR) is 156 cm³/mol. The van der Waals surface area contributed by atoms with E-state index in [4.69, 9.17) is 9.72 Å². The van der Waals surface area contributed by atoms with Crippen molar-refractivity contribution in [2.24, 2.45) is 22.7 Å². The predicted octanol–water partition coefficient (Wildman–Crippen LogP) is 4.78. The number of aromatic nitrogens is 3. The molecule has 0 spiro atoms. The number of carbonyl (C=O) groups excluding carboxylic acids is 1. The Kier molecular flexibility index (Phi) is 6.88. The van der Waals surface area contributed by atoms with Crippen molar-refractivity contribution in [3.8, 4) is 17.4 Å². The third kappa shape index (κ3) is 5.27. The van der Waals surface area contributed by atoms with Gasteiger partial charge in [-0.2, -0.15) is 0 Å². The van der Waals surface area contributed by atoms with Crippen LogP contribution in [-0.4, -0.2) is 52.9 Å². The van der Waals surface area contributed by atoms with Crippen LogP contribution in [0.5, 0.6) is 11.6 Å². The quantitative estimate of drug-likeness (QED) is 0.389. The standard InChI is InChI=1S/C30H39N5O5S/c1-19-16-28(2,3)34(17-19)26-22(27(37)33-41(38,39)21-10-8-20(36)9-11-21)12-13-24(31-26)35-15-14-25(32-35)40-18-23-29(4,5)30(23,6)7/h8-15,19,23,36H,16-18H2,1-7H3,(H,33,37)/t19-/m0/s1. The Morgan fingerprint density at radius 2 is 1.71 bits per heavy atom. The van der Waals surface area contributed by atoms with Crippen LogP contribution in [0.3, 0.4) is 0 Å². The van der Waals surface area contributed by atoms with E-state index in [1.165, 1.54) is 24.3 Å². The number of hydrogen-bond acceptors (Lipinski definition) is 8. The molecule has 0 unspecified atom stereocenters. The van der Waals surface area contributed by atoms with Crippen molar-refractivity contribution in [1.82, 2.24) is 19.5 Å². The molecule has 1 amide bonds. The first-order chi connectivity index (χ1) is 19.0. The van der Waals surface area contributed by atoms with E-state index >= 15 is 0 Å². The molecule has 2 N–H and O–H groups in total. The van der Waals surface area contributed by atoms with E-state index in [2.05, 4.69) is 63.2 Å². The number of amides is 1. The summed E-state index contributed by atoms with van der Waals surface area (Å²) < 4.78 is 35.7. The monoisotopic (exact) mass is 581 g/mol. The van der Waals surface area contributed by atoms with Crippen LogP contribution in [0.25, 0.3) is 5.82 Å². The maximum atomic E-state index is 13.4. The van der Waals surface area contributed by atoms with E-state index in [9.17, 15) is 18.3 Å². The third-order valence-electron chi connectivity index (χ3n) is 9.32. The zero-order chi connectivity index (χ0) is 30.0. The average molecular weight is 582 g/mol. The van der Waals surface area contributed by atoms with Crippen LogP contribution in [0.15, 0.2) is 53.6 Å². The summed E-state index contributed by atoms with van der Waals surface area (Å²) in [5.41, 5.74) is 0.244. The number of aromatic hydroxyl groups is 1. The third-order valence-corrected chi connectivity index (χ3v) is 10.7. The number of phenolic OH excluding ortho intramolecular Hbond substituents is 1. The Bertz CT molecular complexity index is 1560. The van der Waals surface area contributed by atoms with Crippen molar-refractivity contribution in [3.63, 3.8) is 0 Å². The molecule has 1 aliphatic carbocycles. The molecule has 1 saturated carbocycles. The van der Waals surface area contributed by atoms with Gasteiger partial charge < -0.3 is 14.7 Å². The van der Waals surface area contributed by atoms with Crippen LogP contribution in [0, 0.1) is 22.7 Å². The fraction of sp³-hybridized carbons (Fsp3) is 0.500. The highest BCUT2D eigenvalue weighted by Gasteiger charge is 2.64. The molecule has 1 aromatic carbocycles. The van der Waals surface area contributed by atoms with Gasteiger partial charge in [0.15, 0.2) is 5.82 Å². The lowest BCUT2D eigenvalue weighted by Crippen LogP contribution is -2.41. The summed E-state index contributed by atoms with van der Waals surface area (Å²) in [6, 6.07) is 9.99. The molecule has 41 heavy (non-hydrogen) atoms. The second kappa shape index (κ2) is 9.75. The van der Waals surface area contributed by atoms with E-state index in [0.717, 1.165) is 6.42 Å². The highest BCUT2D eigenvalue weighted by atomic mass is 32.2. The molecule has 2 aromatic heterocycles. The molecule has 3 heterocycles. The largest absolute Gasteiger partial charge is 0.508 e. The number of nitrogens with one attached hydrogen (secondary N) is 1. The molecular formula is C30H39N5O5S. The average Bonchev–Trinajstić information content (AvgIpc) is 3.26. The SMILES string of the molecule is C[C@@H]1CN(c2nc(-n3ccc(OCC4C(C)(C)C4(C)C)n3)ccc2C(=O)NS(=O)(=O)c2ccc(O)cc2)C(C)(C)C1. The lowest BCUT2D eigenvalue weighted by atomic mass is 9.97. The van der Waals surface area contributed by atoms with Gasteiger partial charge in [0.1, 0.15) is 11.6 Å². The molecule has 1 aliphatic heterocycles. The van der Waals surface area contributed by atoms with E-state index in [1.807, 2.05) is 0 Å². The number of rotatable bonds is 8. The maximum Gasteiger partial charge on any atom is 0.268 e. The fourth-order valence-electron chi connectivity index (χ4n) is 6.20. The Morgan fingerprint density at radius 1 is 1.05 bits per heavy atom. The minimum Gasteiger partial charge on any atom is -0.508 e. The van der Waals surface area contributed by atoms with Crippen molar-refractivity contribution in [3.05, 3.63) is 54.2 Å². The fourth-order valence-corrected chi connectivity index (χ4v) is 7.17. The van der Waals surface area contributed by atoms with Gasteiger partial charge in [-0.05, 0) is 73.4 Å². The van der Waals surface area contributed by atoms with Crippen molar-refractivity contribution in [1.29, 1.82) is 0 Å². The molecule has 3 aromatic rings. The van der Waals surface area contributed by atoms with Crippen LogP contribution in [-0.2, 0) is 10.0 Å². The summed E-state index contributed by atoms with van der Waals surface area (Å²) in [5, 5.41) is 14.1. The molecule has 220 valence electrons. The second-order valence-corrected chi connectivity index (χ2v) is 14.8. The van der Waals surface area contributed by atoms with Gasteiger partial charge >= 0.3 is 0 Å². The minimum absolute atomic E-state index is 0.0740. The Hall–Kier alpha value is -3.60. The number of carbonyl (C=O) groups is 1. The zero-order valence-corrected chi connectivity index (χ0v) is 25.5. The van der Waals surface area contributed by atoms with E-state index in [-0.39, 0.29) is 32.6 Å². The highest BCUT2D eigenvalue weighted by Crippen LogP contribution is 2.68. The van der Waals surface area contributed by atoms with Crippen molar-refractivity contribution in [2.45, 2.75) is 65.3 Å². The van der Waals surface area contributed by atoms with E-state index in [0.29, 0.717) is 42.5 Å². The van der Waals surface area contributed by atoms with Crippen molar-refractivity contribution < 1.29 is 23.1 Å². The summed E-state index contributed by atoms with van der Waals surface area (Å²) in [6.45, 7) is 16.5. The van der Waals surface area contributed by atoms with Crippen LogP contribution in [0.4, 0.5) is 5.82 Å². The number of anilines is 1. The molecule has 11 heteroatoms. The van der Waals surface area contributed by atoms with Gasteiger partial charge in [0.25, 0.3) is 15.9 Å². The molecule has 2 fully saturated rings. The lowest BCUT2D eigenvalue weighted by molar-refractivity contribution is 0.0981. The number of hydrogen-bond donors (Lipinski definition) is 2. The van der Waals surface area contributed by atoms with E-state index < -0.39 is 15.9 Å².